The fourth-order valence-electron chi connectivity index (χ4n) is 2.55. The van der Waals surface area contributed by atoms with E-state index in [1.807, 2.05) is 13.1 Å². The zero-order valence-electron chi connectivity index (χ0n) is 12.9. The van der Waals surface area contributed by atoms with Crippen LogP contribution < -0.4 is 10.6 Å². The molecule has 0 radical (unpaired) electrons. The molecule has 1 aromatic heterocycles. The van der Waals surface area contributed by atoms with E-state index < -0.39 is 11.6 Å². The normalized spacial score (nSPS) is 20.4. The first kappa shape index (κ1) is 15.9. The third-order valence-electron chi connectivity index (χ3n) is 3.78. The molecule has 0 aliphatic heterocycles. The highest BCUT2D eigenvalue weighted by molar-refractivity contribution is 7.11. The number of thiazole rings is 1. The summed E-state index contributed by atoms with van der Waals surface area (Å²) in [5, 5.41) is 7.34. The van der Waals surface area contributed by atoms with Gasteiger partial charge >= 0.3 is 0 Å². The SMILES string of the molecule is CN=C(NCc1ncc(C)s1)NC1CC1c1c(F)cccc1F. The lowest BCUT2D eigenvalue weighted by Gasteiger charge is -2.11. The standard InChI is InChI=1S/C16H18F2N4S/c1-9-7-20-14(23-9)8-21-16(19-2)22-13-6-10(13)15-11(17)4-3-5-12(15)18/h3-5,7,10,13H,6,8H2,1-2H3,(H2,19,21,22). The molecule has 2 N–H and O–H groups in total. The third-order valence-corrected chi connectivity index (χ3v) is 4.70. The van der Waals surface area contributed by atoms with Crippen LogP contribution in [0.25, 0.3) is 0 Å². The molecule has 122 valence electrons. The van der Waals surface area contributed by atoms with E-state index in [2.05, 4.69) is 20.6 Å². The van der Waals surface area contributed by atoms with Crippen molar-refractivity contribution < 1.29 is 8.78 Å². The quantitative estimate of drug-likeness (QED) is 0.667. The Balaban J connectivity index is 1.57. The van der Waals surface area contributed by atoms with E-state index in [4.69, 9.17) is 0 Å². The molecule has 1 aromatic carbocycles. The Bertz CT molecular complexity index is 708. The maximum atomic E-state index is 13.8. The van der Waals surface area contributed by atoms with Gasteiger partial charge in [0.05, 0.1) is 6.54 Å². The van der Waals surface area contributed by atoms with Gasteiger partial charge in [0.1, 0.15) is 16.6 Å². The van der Waals surface area contributed by atoms with Crippen molar-refractivity contribution in [1.29, 1.82) is 0 Å². The molecule has 1 saturated carbocycles. The van der Waals surface area contributed by atoms with Crippen LogP contribution in [0.1, 0.15) is 27.8 Å². The van der Waals surface area contributed by atoms with Crippen molar-refractivity contribution >= 4 is 17.3 Å². The van der Waals surface area contributed by atoms with Crippen molar-refractivity contribution in [2.75, 3.05) is 7.05 Å². The highest BCUT2D eigenvalue weighted by atomic mass is 32.1. The molecule has 0 spiro atoms. The number of halogens is 2. The Morgan fingerprint density at radius 1 is 1.39 bits per heavy atom. The van der Waals surface area contributed by atoms with Crippen LogP contribution in [-0.4, -0.2) is 24.0 Å². The Morgan fingerprint density at radius 2 is 2.13 bits per heavy atom. The Morgan fingerprint density at radius 3 is 2.74 bits per heavy atom. The second-order valence-corrected chi connectivity index (χ2v) is 6.84. The monoisotopic (exact) mass is 336 g/mol. The van der Waals surface area contributed by atoms with Gasteiger partial charge in [0.25, 0.3) is 0 Å². The van der Waals surface area contributed by atoms with E-state index in [0.717, 1.165) is 9.88 Å². The Labute approximate surface area is 137 Å². The van der Waals surface area contributed by atoms with E-state index in [-0.39, 0.29) is 17.5 Å². The maximum Gasteiger partial charge on any atom is 0.191 e. The molecule has 1 heterocycles. The first-order valence-corrected chi connectivity index (χ1v) is 8.22. The second kappa shape index (κ2) is 6.62. The van der Waals surface area contributed by atoms with Crippen molar-refractivity contribution in [2.24, 2.45) is 4.99 Å². The minimum atomic E-state index is -0.486. The molecular formula is C16H18F2N4S. The molecule has 0 bridgehead atoms. The molecule has 1 aliphatic carbocycles. The van der Waals surface area contributed by atoms with Crippen molar-refractivity contribution in [1.82, 2.24) is 15.6 Å². The number of benzene rings is 1. The van der Waals surface area contributed by atoms with Crippen LogP contribution >= 0.6 is 11.3 Å². The van der Waals surface area contributed by atoms with E-state index in [1.54, 1.807) is 18.4 Å². The van der Waals surface area contributed by atoms with Gasteiger partial charge in [-0.2, -0.15) is 0 Å². The molecule has 0 amide bonds. The molecular weight excluding hydrogens is 318 g/mol. The molecule has 2 atom stereocenters. The number of rotatable bonds is 4. The number of hydrogen-bond donors (Lipinski definition) is 2. The van der Waals surface area contributed by atoms with Gasteiger partial charge in [0.2, 0.25) is 0 Å². The van der Waals surface area contributed by atoms with Crippen LogP contribution in [0.2, 0.25) is 0 Å². The first-order chi connectivity index (χ1) is 11.1. The van der Waals surface area contributed by atoms with E-state index in [0.29, 0.717) is 18.9 Å². The van der Waals surface area contributed by atoms with Crippen molar-refractivity contribution in [3.05, 3.63) is 51.5 Å². The lowest BCUT2D eigenvalue weighted by molar-refractivity contribution is 0.553. The minimum Gasteiger partial charge on any atom is -0.353 e. The smallest absolute Gasteiger partial charge is 0.191 e. The van der Waals surface area contributed by atoms with Gasteiger partial charge < -0.3 is 10.6 Å². The summed E-state index contributed by atoms with van der Waals surface area (Å²) in [4.78, 5) is 9.58. The third kappa shape index (κ3) is 3.67. The van der Waals surface area contributed by atoms with Crippen LogP contribution in [0.5, 0.6) is 0 Å². The highest BCUT2D eigenvalue weighted by Gasteiger charge is 2.42. The zero-order valence-corrected chi connectivity index (χ0v) is 13.8. The largest absolute Gasteiger partial charge is 0.353 e. The Hall–Kier alpha value is -2.02. The molecule has 23 heavy (non-hydrogen) atoms. The molecule has 2 aromatic rings. The molecule has 2 unspecified atom stereocenters. The second-order valence-electron chi connectivity index (χ2n) is 5.52. The van der Waals surface area contributed by atoms with E-state index in [1.165, 1.54) is 18.2 Å². The molecule has 3 rings (SSSR count). The summed E-state index contributed by atoms with van der Waals surface area (Å²) >= 11 is 1.62. The average Bonchev–Trinajstić information content (AvgIpc) is 3.14. The lowest BCUT2D eigenvalue weighted by Crippen LogP contribution is -2.38. The van der Waals surface area contributed by atoms with Crippen LogP contribution in [-0.2, 0) is 6.54 Å². The summed E-state index contributed by atoms with van der Waals surface area (Å²) < 4.78 is 27.6. The summed E-state index contributed by atoms with van der Waals surface area (Å²) in [5.74, 6) is -0.514. The van der Waals surface area contributed by atoms with Crippen molar-refractivity contribution in [3.63, 3.8) is 0 Å². The van der Waals surface area contributed by atoms with E-state index >= 15 is 0 Å². The zero-order chi connectivity index (χ0) is 16.4. The number of guanidine groups is 1. The molecule has 4 nitrogen and oxygen atoms in total. The molecule has 0 saturated heterocycles. The summed E-state index contributed by atoms with van der Waals surface area (Å²) in [6, 6.07) is 3.97. The van der Waals surface area contributed by atoms with Gasteiger partial charge in [0.15, 0.2) is 5.96 Å². The van der Waals surface area contributed by atoms with Gasteiger partial charge in [-0.1, -0.05) is 6.07 Å². The van der Waals surface area contributed by atoms with Gasteiger partial charge in [-0.05, 0) is 25.5 Å². The number of aryl methyl sites for hydroxylation is 1. The first-order valence-electron chi connectivity index (χ1n) is 7.41. The summed E-state index contributed by atoms with van der Waals surface area (Å²) in [5.41, 5.74) is 0.163. The molecule has 1 aliphatic rings. The highest BCUT2D eigenvalue weighted by Crippen LogP contribution is 2.43. The summed E-state index contributed by atoms with van der Waals surface area (Å²) in [6.07, 6.45) is 2.52. The molecule has 7 heteroatoms. The van der Waals surface area contributed by atoms with Crippen molar-refractivity contribution in [3.8, 4) is 0 Å². The minimum absolute atomic E-state index is 0.00867. The fourth-order valence-corrected chi connectivity index (χ4v) is 3.28. The summed E-state index contributed by atoms with van der Waals surface area (Å²) in [7, 11) is 1.67. The molecule has 1 fully saturated rings. The van der Waals surface area contributed by atoms with Crippen LogP contribution in [0.15, 0.2) is 29.4 Å². The number of nitrogens with zero attached hydrogens (tertiary/aromatic N) is 2. The van der Waals surface area contributed by atoms with Crippen LogP contribution in [0.3, 0.4) is 0 Å². The number of hydrogen-bond acceptors (Lipinski definition) is 3. The predicted molar refractivity (Wildman–Crippen MR) is 87.7 cm³/mol. The number of aliphatic imine (C=N–C) groups is 1. The van der Waals surface area contributed by atoms with Crippen LogP contribution in [0.4, 0.5) is 8.78 Å². The Kier molecular flexibility index (Phi) is 4.56. The van der Waals surface area contributed by atoms with Crippen molar-refractivity contribution in [2.45, 2.75) is 31.8 Å². The lowest BCUT2D eigenvalue weighted by atomic mass is 10.1. The summed E-state index contributed by atoms with van der Waals surface area (Å²) in [6.45, 7) is 2.58. The van der Waals surface area contributed by atoms with Gasteiger partial charge in [-0.3, -0.25) is 4.99 Å². The van der Waals surface area contributed by atoms with Gasteiger partial charge in [0, 0.05) is 35.6 Å². The van der Waals surface area contributed by atoms with E-state index in [9.17, 15) is 8.78 Å². The fraction of sp³-hybridized carbons (Fsp3) is 0.375. The number of nitrogens with one attached hydrogen (secondary N) is 2. The topological polar surface area (TPSA) is 49.3 Å². The van der Waals surface area contributed by atoms with Crippen LogP contribution in [0, 0.1) is 18.6 Å². The predicted octanol–water partition coefficient (Wildman–Crippen LogP) is 2.95. The van der Waals surface area contributed by atoms with Gasteiger partial charge in [-0.15, -0.1) is 11.3 Å². The average molecular weight is 336 g/mol. The maximum absolute atomic E-state index is 13.8. The van der Waals surface area contributed by atoms with Gasteiger partial charge in [-0.25, -0.2) is 13.8 Å². The number of aromatic nitrogens is 1.